The molecule has 3 heterocycles. The second-order valence-electron chi connectivity index (χ2n) is 8.21. The maximum absolute atomic E-state index is 14.8. The Labute approximate surface area is 186 Å². The molecule has 10 heteroatoms. The first-order valence-corrected chi connectivity index (χ1v) is 10.4. The molecule has 0 unspecified atom stereocenters. The van der Waals surface area contributed by atoms with Crippen molar-refractivity contribution >= 4 is 11.0 Å². The van der Waals surface area contributed by atoms with E-state index in [1.807, 2.05) is 13.8 Å². The fourth-order valence-electron chi connectivity index (χ4n) is 3.86. The monoisotopic (exact) mass is 457 g/mol. The molecule has 0 bridgehead atoms. The van der Waals surface area contributed by atoms with Gasteiger partial charge in [-0.3, -0.25) is 23.6 Å². The van der Waals surface area contributed by atoms with Crippen LogP contribution in [0.5, 0.6) is 0 Å². The molecule has 7 nitrogen and oxygen atoms in total. The fraction of sp³-hybridized carbons (Fsp3) is 0.304. The van der Waals surface area contributed by atoms with Crippen LogP contribution in [0.4, 0.5) is 13.2 Å². The average molecular weight is 457 g/mol. The molecule has 0 N–H and O–H groups in total. The number of aromatic nitrogens is 5. The number of rotatable bonds is 6. The van der Waals surface area contributed by atoms with Gasteiger partial charge in [0.05, 0.1) is 17.8 Å². The van der Waals surface area contributed by atoms with E-state index in [-0.39, 0.29) is 29.1 Å². The van der Waals surface area contributed by atoms with Crippen LogP contribution in [0.3, 0.4) is 0 Å². The third kappa shape index (κ3) is 3.96. The zero-order chi connectivity index (χ0) is 23.9. The highest BCUT2D eigenvalue weighted by Crippen LogP contribution is 2.29. The lowest BCUT2D eigenvalue weighted by Gasteiger charge is -2.11. The Bertz CT molecular complexity index is 1440. The summed E-state index contributed by atoms with van der Waals surface area (Å²) in [4.78, 5) is 30.0. The van der Waals surface area contributed by atoms with Crippen LogP contribution in [0, 0.1) is 11.7 Å². The molecule has 0 saturated carbocycles. The van der Waals surface area contributed by atoms with E-state index in [1.54, 1.807) is 12.1 Å². The van der Waals surface area contributed by atoms with Crippen LogP contribution in [0.1, 0.15) is 31.4 Å². The minimum Gasteiger partial charge on any atom is -0.276 e. The van der Waals surface area contributed by atoms with Gasteiger partial charge in [-0.25, -0.2) is 18.0 Å². The molecule has 172 valence electrons. The second kappa shape index (κ2) is 8.68. The van der Waals surface area contributed by atoms with Crippen LogP contribution in [-0.4, -0.2) is 23.9 Å². The zero-order valence-electron chi connectivity index (χ0n) is 18.3. The van der Waals surface area contributed by atoms with E-state index in [9.17, 15) is 22.8 Å². The molecule has 4 aromatic rings. The lowest BCUT2D eigenvalue weighted by atomic mass is 10.1. The van der Waals surface area contributed by atoms with Gasteiger partial charge in [0, 0.05) is 37.1 Å². The molecule has 0 saturated heterocycles. The maximum atomic E-state index is 14.8. The molecule has 33 heavy (non-hydrogen) atoms. The van der Waals surface area contributed by atoms with Gasteiger partial charge in [0.25, 0.3) is 12.0 Å². The highest BCUT2D eigenvalue weighted by Gasteiger charge is 2.24. The molecule has 0 aliphatic carbocycles. The molecule has 0 fully saturated rings. The molecule has 1 aromatic carbocycles. The third-order valence-electron chi connectivity index (χ3n) is 5.39. The van der Waals surface area contributed by atoms with Crippen molar-refractivity contribution in [2.24, 2.45) is 13.0 Å². The number of nitrogens with zero attached hydrogens (tertiary/aromatic N) is 5. The highest BCUT2D eigenvalue weighted by molar-refractivity contribution is 5.90. The molecule has 4 rings (SSSR count). The van der Waals surface area contributed by atoms with E-state index in [0.717, 1.165) is 10.6 Å². The average Bonchev–Trinajstić information content (AvgIpc) is 3.16. The summed E-state index contributed by atoms with van der Waals surface area (Å²) in [5.74, 6) is -0.946. The topological polar surface area (TPSA) is 74.7 Å². The first-order chi connectivity index (χ1) is 15.7. The summed E-state index contributed by atoms with van der Waals surface area (Å²) in [6, 6.07) is 7.10. The second-order valence-corrected chi connectivity index (χ2v) is 8.21. The highest BCUT2D eigenvalue weighted by atomic mass is 19.3. The Kier molecular flexibility index (Phi) is 5.92. The predicted molar refractivity (Wildman–Crippen MR) is 118 cm³/mol. The van der Waals surface area contributed by atoms with Crippen molar-refractivity contribution < 1.29 is 13.2 Å². The number of halogens is 3. The van der Waals surface area contributed by atoms with Crippen molar-refractivity contribution in [3.8, 4) is 11.3 Å². The van der Waals surface area contributed by atoms with Crippen LogP contribution < -0.4 is 11.2 Å². The summed E-state index contributed by atoms with van der Waals surface area (Å²) < 4.78 is 45.1. The zero-order valence-corrected chi connectivity index (χ0v) is 18.3. The lowest BCUT2D eigenvalue weighted by Crippen LogP contribution is -2.38. The largest absolute Gasteiger partial charge is 0.332 e. The van der Waals surface area contributed by atoms with Gasteiger partial charge in [-0.05, 0) is 18.1 Å². The van der Waals surface area contributed by atoms with Crippen molar-refractivity contribution in [3.05, 3.63) is 80.5 Å². The van der Waals surface area contributed by atoms with Gasteiger partial charge >= 0.3 is 5.69 Å². The van der Waals surface area contributed by atoms with Crippen LogP contribution in [0.2, 0.25) is 0 Å². The maximum Gasteiger partial charge on any atom is 0.332 e. The van der Waals surface area contributed by atoms with Crippen LogP contribution in [-0.2, 0) is 20.1 Å². The van der Waals surface area contributed by atoms with Crippen molar-refractivity contribution in [2.45, 2.75) is 33.4 Å². The van der Waals surface area contributed by atoms with Crippen molar-refractivity contribution in [3.63, 3.8) is 0 Å². The smallest absolute Gasteiger partial charge is 0.276 e. The molecule has 0 spiro atoms. The predicted octanol–water partition coefficient (Wildman–Crippen LogP) is 3.74. The quantitative estimate of drug-likeness (QED) is 0.442. The molecule has 0 atom stereocenters. The van der Waals surface area contributed by atoms with E-state index in [2.05, 4.69) is 10.1 Å². The molecule has 0 aliphatic rings. The first-order valence-electron chi connectivity index (χ1n) is 10.4. The summed E-state index contributed by atoms with van der Waals surface area (Å²) in [6.45, 7) is 3.95. The number of fused-ring (bicyclic) bond motifs is 1. The van der Waals surface area contributed by atoms with Crippen molar-refractivity contribution in [1.82, 2.24) is 23.9 Å². The standard InChI is InChI=1S/C23H22F3N5O2/c1-13(2)11-30-21-17(22(32)29(3)23(30)33)19(14-7-9-27-10-8-14)31(28-21)12-15-5-4-6-16(18(15)24)20(25)26/h4-10,13,20H,11-12H2,1-3H3. The van der Waals surface area contributed by atoms with E-state index in [0.29, 0.717) is 17.8 Å². The number of alkyl halides is 2. The minimum atomic E-state index is -2.97. The van der Waals surface area contributed by atoms with E-state index in [1.165, 1.54) is 40.8 Å². The summed E-state index contributed by atoms with van der Waals surface area (Å²) >= 11 is 0. The van der Waals surface area contributed by atoms with Gasteiger partial charge < -0.3 is 0 Å². The molecular formula is C23H22F3N5O2. The van der Waals surface area contributed by atoms with Gasteiger partial charge in [0.2, 0.25) is 0 Å². The molecule has 0 amide bonds. The van der Waals surface area contributed by atoms with E-state index >= 15 is 0 Å². The minimum absolute atomic E-state index is 0.00880. The van der Waals surface area contributed by atoms with E-state index in [4.69, 9.17) is 0 Å². The Hall–Kier alpha value is -3.69. The third-order valence-corrected chi connectivity index (χ3v) is 5.39. The molecule has 0 aliphatic heterocycles. The SMILES string of the molecule is CC(C)Cn1c(=O)n(C)c(=O)c2c(-c3ccncc3)n(Cc3cccc(C(F)F)c3F)nc21. The molecular weight excluding hydrogens is 435 g/mol. The fourth-order valence-corrected chi connectivity index (χ4v) is 3.86. The summed E-state index contributed by atoms with van der Waals surface area (Å²) in [5, 5.41) is 4.70. The van der Waals surface area contributed by atoms with Gasteiger partial charge in [0.1, 0.15) is 11.2 Å². The Morgan fingerprint density at radius 2 is 1.76 bits per heavy atom. The van der Waals surface area contributed by atoms with Crippen molar-refractivity contribution in [1.29, 1.82) is 0 Å². The van der Waals surface area contributed by atoms with Gasteiger partial charge in [0.15, 0.2) is 5.65 Å². The number of benzene rings is 1. The van der Waals surface area contributed by atoms with Gasteiger partial charge in [-0.15, -0.1) is 0 Å². The molecule has 0 radical (unpaired) electrons. The van der Waals surface area contributed by atoms with Gasteiger partial charge in [-0.2, -0.15) is 5.10 Å². The Morgan fingerprint density at radius 1 is 1.06 bits per heavy atom. The number of hydrogen-bond donors (Lipinski definition) is 0. The van der Waals surface area contributed by atoms with Crippen LogP contribution in [0.15, 0.2) is 52.3 Å². The lowest BCUT2D eigenvalue weighted by molar-refractivity contribution is 0.146. The summed E-state index contributed by atoms with van der Waals surface area (Å²) in [5.41, 5.74) is -0.688. The normalized spacial score (nSPS) is 11.8. The summed E-state index contributed by atoms with van der Waals surface area (Å²) in [7, 11) is 1.39. The van der Waals surface area contributed by atoms with Gasteiger partial charge in [-0.1, -0.05) is 32.0 Å². The van der Waals surface area contributed by atoms with E-state index < -0.39 is 29.1 Å². The Balaban J connectivity index is 2.05. The van der Waals surface area contributed by atoms with Crippen molar-refractivity contribution in [2.75, 3.05) is 0 Å². The van der Waals surface area contributed by atoms with Crippen LogP contribution in [0.25, 0.3) is 22.3 Å². The number of hydrogen-bond acceptors (Lipinski definition) is 4. The Morgan fingerprint density at radius 3 is 2.39 bits per heavy atom. The summed E-state index contributed by atoms with van der Waals surface area (Å²) in [6.07, 6.45) is 0.0980. The first kappa shape index (κ1) is 22.5. The molecule has 3 aromatic heterocycles. The number of pyridine rings is 1. The van der Waals surface area contributed by atoms with Crippen LogP contribution >= 0.6 is 0 Å².